The smallest absolute Gasteiger partial charge is 0.334 e. The third-order valence-corrected chi connectivity index (χ3v) is 2.57. The number of urea groups is 2. The highest BCUT2D eigenvalue weighted by molar-refractivity contribution is 6.45. The summed E-state index contributed by atoms with van der Waals surface area (Å²) in [5.74, 6) is -2.91. The number of nitrogens with one attached hydrogen (secondary N) is 2. The van der Waals surface area contributed by atoms with Crippen LogP contribution in [0.1, 0.15) is 27.7 Å². The van der Waals surface area contributed by atoms with Crippen molar-refractivity contribution in [2.45, 2.75) is 39.8 Å². The van der Waals surface area contributed by atoms with Gasteiger partial charge in [-0.1, -0.05) is 0 Å². The highest BCUT2D eigenvalue weighted by atomic mass is 16.2. The van der Waals surface area contributed by atoms with E-state index < -0.39 is 42.4 Å². The number of carbonyl (C=O) groups excluding carboxylic acids is 5. The van der Waals surface area contributed by atoms with Crippen LogP contribution in [0.5, 0.6) is 0 Å². The summed E-state index contributed by atoms with van der Waals surface area (Å²) >= 11 is 0. The molecule has 0 aromatic heterocycles. The summed E-state index contributed by atoms with van der Waals surface area (Å²) in [6, 6.07) is -2.27. The molecule has 21 heavy (non-hydrogen) atoms. The van der Waals surface area contributed by atoms with Gasteiger partial charge in [0.05, 0.1) is 0 Å². The molecular formula is C12H18N4O5. The number of hydrogen-bond acceptors (Lipinski definition) is 5. The largest absolute Gasteiger partial charge is 0.336 e. The molecule has 1 fully saturated rings. The van der Waals surface area contributed by atoms with Crippen molar-refractivity contribution in [2.24, 2.45) is 0 Å². The summed E-state index contributed by atoms with van der Waals surface area (Å²) in [6.45, 7) is 5.87. The molecule has 116 valence electrons. The molecule has 0 unspecified atom stereocenters. The molecule has 1 heterocycles. The number of hydrogen-bond donors (Lipinski definition) is 2. The molecule has 0 aliphatic carbocycles. The van der Waals surface area contributed by atoms with Crippen LogP contribution < -0.4 is 10.6 Å². The molecule has 1 aliphatic heterocycles. The molecule has 9 heteroatoms. The third-order valence-electron chi connectivity index (χ3n) is 2.57. The van der Waals surface area contributed by atoms with Crippen molar-refractivity contribution in [1.82, 2.24) is 20.4 Å². The van der Waals surface area contributed by atoms with Crippen molar-refractivity contribution >= 4 is 29.8 Å². The minimum absolute atomic E-state index is 0.175. The Morgan fingerprint density at radius 1 is 1.05 bits per heavy atom. The van der Waals surface area contributed by atoms with Crippen LogP contribution in [-0.4, -0.2) is 58.2 Å². The summed E-state index contributed by atoms with van der Waals surface area (Å²) in [5, 5.41) is 4.39. The lowest BCUT2D eigenvalue weighted by atomic mass is 10.3. The first-order valence-electron chi connectivity index (χ1n) is 6.44. The van der Waals surface area contributed by atoms with Crippen molar-refractivity contribution in [2.75, 3.05) is 6.54 Å². The number of rotatable bonds is 4. The van der Waals surface area contributed by atoms with E-state index in [1.165, 1.54) is 0 Å². The van der Waals surface area contributed by atoms with Crippen LogP contribution >= 0.6 is 0 Å². The fourth-order valence-corrected chi connectivity index (χ4v) is 1.73. The minimum atomic E-state index is -1.08. The van der Waals surface area contributed by atoms with Crippen molar-refractivity contribution in [3.63, 3.8) is 0 Å². The van der Waals surface area contributed by atoms with Crippen molar-refractivity contribution in [1.29, 1.82) is 0 Å². The van der Waals surface area contributed by atoms with E-state index in [0.717, 1.165) is 4.90 Å². The van der Waals surface area contributed by atoms with Crippen LogP contribution in [0.3, 0.4) is 0 Å². The zero-order chi connectivity index (χ0) is 16.3. The SMILES string of the molecule is CC(C)NC(=O)NC(=O)CN1C(=O)C(=O)N(C(C)C)C1=O. The van der Waals surface area contributed by atoms with E-state index in [1.54, 1.807) is 27.7 Å². The number of imide groups is 3. The van der Waals surface area contributed by atoms with Gasteiger partial charge in [0.1, 0.15) is 6.54 Å². The van der Waals surface area contributed by atoms with Gasteiger partial charge in [-0.15, -0.1) is 0 Å². The molecule has 1 aliphatic rings. The normalized spacial score (nSPS) is 15.2. The van der Waals surface area contributed by atoms with Crippen LogP contribution in [0.25, 0.3) is 0 Å². The van der Waals surface area contributed by atoms with Gasteiger partial charge in [0.2, 0.25) is 5.91 Å². The van der Waals surface area contributed by atoms with Crippen LogP contribution in [0.2, 0.25) is 0 Å². The zero-order valence-corrected chi connectivity index (χ0v) is 12.3. The lowest BCUT2D eigenvalue weighted by Gasteiger charge is -2.18. The van der Waals surface area contributed by atoms with Gasteiger partial charge >= 0.3 is 23.9 Å². The van der Waals surface area contributed by atoms with Crippen LogP contribution in [-0.2, 0) is 14.4 Å². The molecule has 0 atom stereocenters. The fourth-order valence-electron chi connectivity index (χ4n) is 1.73. The summed E-state index contributed by atoms with van der Waals surface area (Å²) in [7, 11) is 0. The first-order chi connectivity index (χ1) is 9.65. The predicted molar refractivity (Wildman–Crippen MR) is 70.9 cm³/mol. The Labute approximate surface area is 121 Å². The Bertz CT molecular complexity index is 500. The van der Waals surface area contributed by atoms with Crippen molar-refractivity contribution in [3.8, 4) is 0 Å². The molecular weight excluding hydrogens is 280 g/mol. The lowest BCUT2D eigenvalue weighted by Crippen LogP contribution is -2.48. The minimum Gasteiger partial charge on any atom is -0.336 e. The average molecular weight is 298 g/mol. The van der Waals surface area contributed by atoms with E-state index in [4.69, 9.17) is 0 Å². The second kappa shape index (κ2) is 6.33. The van der Waals surface area contributed by atoms with Crippen LogP contribution in [0.4, 0.5) is 9.59 Å². The maximum atomic E-state index is 11.9. The first-order valence-corrected chi connectivity index (χ1v) is 6.44. The van der Waals surface area contributed by atoms with Gasteiger partial charge in [-0.05, 0) is 27.7 Å². The standard InChI is InChI=1S/C12H18N4O5/c1-6(2)13-11(20)14-8(17)5-15-9(18)10(19)16(7(3)4)12(15)21/h6-7H,5H2,1-4H3,(H2,13,14,17,20). The quantitative estimate of drug-likeness (QED) is 0.532. The molecule has 0 bridgehead atoms. The molecule has 1 rings (SSSR count). The summed E-state index contributed by atoms with van der Waals surface area (Å²) < 4.78 is 0. The zero-order valence-electron chi connectivity index (χ0n) is 12.3. The Kier molecular flexibility index (Phi) is 5.01. The summed E-state index contributed by atoms with van der Waals surface area (Å²) in [4.78, 5) is 59.4. The Morgan fingerprint density at radius 2 is 1.62 bits per heavy atom. The molecule has 0 aromatic rings. The molecule has 0 aromatic carbocycles. The molecule has 0 radical (unpaired) electrons. The van der Waals surface area contributed by atoms with Gasteiger partial charge < -0.3 is 5.32 Å². The Hall–Kier alpha value is -2.45. The van der Waals surface area contributed by atoms with Crippen LogP contribution in [0, 0.1) is 0 Å². The van der Waals surface area contributed by atoms with Crippen LogP contribution in [0.15, 0.2) is 0 Å². The van der Waals surface area contributed by atoms with Gasteiger partial charge in [-0.25, -0.2) is 14.5 Å². The van der Waals surface area contributed by atoms with E-state index in [-0.39, 0.29) is 6.04 Å². The molecule has 0 spiro atoms. The van der Waals surface area contributed by atoms with Gasteiger partial charge in [0.25, 0.3) is 0 Å². The number of nitrogens with zero attached hydrogens (tertiary/aromatic N) is 2. The van der Waals surface area contributed by atoms with E-state index >= 15 is 0 Å². The van der Waals surface area contributed by atoms with Gasteiger partial charge in [0.15, 0.2) is 0 Å². The maximum absolute atomic E-state index is 11.9. The molecule has 0 saturated carbocycles. The van der Waals surface area contributed by atoms with Crippen molar-refractivity contribution < 1.29 is 24.0 Å². The average Bonchev–Trinajstić information content (AvgIpc) is 2.51. The Morgan fingerprint density at radius 3 is 2.05 bits per heavy atom. The van der Waals surface area contributed by atoms with Gasteiger partial charge in [-0.2, -0.15) is 0 Å². The van der Waals surface area contributed by atoms with E-state index in [0.29, 0.717) is 4.90 Å². The molecule has 2 N–H and O–H groups in total. The third kappa shape index (κ3) is 3.77. The fraction of sp³-hybridized carbons (Fsp3) is 0.583. The molecule has 7 amide bonds. The lowest BCUT2D eigenvalue weighted by molar-refractivity contribution is -0.144. The second-order valence-corrected chi connectivity index (χ2v) is 5.12. The first kappa shape index (κ1) is 16.6. The van der Waals surface area contributed by atoms with E-state index in [9.17, 15) is 24.0 Å². The summed E-state index contributed by atoms with van der Waals surface area (Å²) in [5.41, 5.74) is 0. The number of amides is 7. The van der Waals surface area contributed by atoms with E-state index in [1.807, 2.05) is 5.32 Å². The highest BCUT2D eigenvalue weighted by Gasteiger charge is 2.46. The van der Waals surface area contributed by atoms with Gasteiger partial charge in [-0.3, -0.25) is 24.6 Å². The predicted octanol–water partition coefficient (Wildman–Crippen LogP) is -0.580. The molecule has 1 saturated heterocycles. The monoisotopic (exact) mass is 298 g/mol. The highest BCUT2D eigenvalue weighted by Crippen LogP contribution is 2.14. The molecule has 9 nitrogen and oxygen atoms in total. The van der Waals surface area contributed by atoms with E-state index in [2.05, 4.69) is 5.32 Å². The second-order valence-electron chi connectivity index (χ2n) is 5.12. The van der Waals surface area contributed by atoms with Crippen molar-refractivity contribution in [3.05, 3.63) is 0 Å². The van der Waals surface area contributed by atoms with Gasteiger partial charge in [0, 0.05) is 12.1 Å². The Balaban J connectivity index is 2.68. The summed E-state index contributed by atoms with van der Waals surface area (Å²) in [6.07, 6.45) is 0. The topological polar surface area (TPSA) is 116 Å². The number of carbonyl (C=O) groups is 5. The maximum Gasteiger partial charge on any atom is 0.334 e.